The zero-order chi connectivity index (χ0) is 19.5. The van der Waals surface area contributed by atoms with Crippen LogP contribution in [0.1, 0.15) is 33.6 Å². The molecule has 0 bridgehead atoms. The first-order valence-electron chi connectivity index (χ1n) is 8.94. The van der Waals surface area contributed by atoms with Crippen LogP contribution in [0.25, 0.3) is 0 Å². The molecule has 9 nitrogen and oxygen atoms in total. The van der Waals surface area contributed by atoms with E-state index in [-0.39, 0.29) is 18.2 Å². The monoisotopic (exact) mass is 390 g/mol. The molecule has 10 heteroatoms. The first-order chi connectivity index (χ1) is 12.0. The second kappa shape index (κ2) is 7.99. The highest BCUT2D eigenvalue weighted by atomic mass is 32.2. The Kier molecular flexibility index (Phi) is 6.38. The van der Waals surface area contributed by atoms with Gasteiger partial charge in [-0.3, -0.25) is 0 Å². The Labute approximate surface area is 155 Å². The highest BCUT2D eigenvalue weighted by molar-refractivity contribution is 7.88. The number of hydrogen-bond donors (Lipinski definition) is 1. The topological polar surface area (TPSA) is 99.3 Å². The van der Waals surface area contributed by atoms with E-state index in [1.54, 1.807) is 9.80 Å². The maximum absolute atomic E-state index is 12.4. The summed E-state index contributed by atoms with van der Waals surface area (Å²) in [7, 11) is -3.16. The number of nitrogens with one attached hydrogen (secondary N) is 1. The van der Waals surface area contributed by atoms with E-state index < -0.39 is 15.6 Å². The summed E-state index contributed by atoms with van der Waals surface area (Å²) in [5.41, 5.74) is -0.535. The number of carbonyl (C=O) groups is 2. The first-order valence-corrected chi connectivity index (χ1v) is 10.8. The summed E-state index contributed by atoms with van der Waals surface area (Å²) in [5.74, 6) is 0. The van der Waals surface area contributed by atoms with Crippen LogP contribution in [0.5, 0.6) is 0 Å². The van der Waals surface area contributed by atoms with Gasteiger partial charge in [-0.05, 0) is 33.6 Å². The SMILES string of the molecule is CC(C)(C)OC(=O)N1CCN(C(=O)NC2CCN(S(C)(=O)=O)CC2)CC1. The van der Waals surface area contributed by atoms with Crippen LogP contribution >= 0.6 is 0 Å². The van der Waals surface area contributed by atoms with Crippen molar-refractivity contribution in [1.29, 1.82) is 0 Å². The van der Waals surface area contributed by atoms with Gasteiger partial charge in [-0.25, -0.2) is 22.3 Å². The molecule has 2 fully saturated rings. The zero-order valence-corrected chi connectivity index (χ0v) is 16.8. The third-order valence-electron chi connectivity index (χ3n) is 4.47. The van der Waals surface area contributed by atoms with Gasteiger partial charge >= 0.3 is 12.1 Å². The number of sulfonamides is 1. The Hall–Kier alpha value is -1.55. The zero-order valence-electron chi connectivity index (χ0n) is 16.0. The minimum atomic E-state index is -3.16. The molecule has 2 aliphatic rings. The lowest BCUT2D eigenvalue weighted by Crippen LogP contribution is -2.56. The first kappa shape index (κ1) is 20.8. The summed E-state index contributed by atoms with van der Waals surface area (Å²) in [5, 5.41) is 2.97. The molecule has 2 rings (SSSR count). The normalized spacial score (nSPS) is 20.8. The second-order valence-corrected chi connectivity index (χ2v) is 9.82. The summed E-state index contributed by atoms with van der Waals surface area (Å²) < 4.78 is 29.8. The highest BCUT2D eigenvalue weighted by Gasteiger charge is 2.30. The van der Waals surface area contributed by atoms with Gasteiger partial charge in [0.1, 0.15) is 5.60 Å². The Balaban J connectivity index is 1.75. The minimum Gasteiger partial charge on any atom is -0.444 e. The van der Waals surface area contributed by atoms with Crippen molar-refractivity contribution in [2.75, 3.05) is 45.5 Å². The van der Waals surface area contributed by atoms with Crippen molar-refractivity contribution in [2.24, 2.45) is 0 Å². The Morgan fingerprint density at radius 1 is 0.962 bits per heavy atom. The van der Waals surface area contributed by atoms with Gasteiger partial charge in [-0.15, -0.1) is 0 Å². The van der Waals surface area contributed by atoms with Gasteiger partial charge in [0.15, 0.2) is 0 Å². The standard InChI is InChI=1S/C16H30N4O5S/c1-16(2,3)25-15(22)19-11-9-18(10-12-19)14(21)17-13-5-7-20(8-6-13)26(4,23)24/h13H,5-12H2,1-4H3,(H,17,21). The van der Waals surface area contributed by atoms with E-state index in [0.29, 0.717) is 52.1 Å². The van der Waals surface area contributed by atoms with Crippen molar-refractivity contribution >= 4 is 22.1 Å². The van der Waals surface area contributed by atoms with E-state index in [1.807, 2.05) is 20.8 Å². The van der Waals surface area contributed by atoms with Crippen molar-refractivity contribution in [3.63, 3.8) is 0 Å². The lowest BCUT2D eigenvalue weighted by molar-refractivity contribution is 0.0168. The van der Waals surface area contributed by atoms with Gasteiger partial charge in [-0.1, -0.05) is 0 Å². The van der Waals surface area contributed by atoms with Gasteiger partial charge in [0.05, 0.1) is 6.26 Å². The molecule has 0 aliphatic carbocycles. The average Bonchev–Trinajstić information content (AvgIpc) is 2.53. The molecule has 1 N–H and O–H groups in total. The molecule has 2 aliphatic heterocycles. The molecule has 0 spiro atoms. The minimum absolute atomic E-state index is 0.0237. The molecule has 2 heterocycles. The highest BCUT2D eigenvalue weighted by Crippen LogP contribution is 2.15. The molecular formula is C16H30N4O5S. The van der Waals surface area contributed by atoms with Gasteiger partial charge < -0.3 is 19.9 Å². The summed E-state index contributed by atoms with van der Waals surface area (Å²) in [6.07, 6.45) is 2.06. The molecule has 0 atom stereocenters. The summed E-state index contributed by atoms with van der Waals surface area (Å²) in [4.78, 5) is 27.7. The molecule has 2 saturated heterocycles. The van der Waals surface area contributed by atoms with Crippen LogP contribution in [-0.2, 0) is 14.8 Å². The van der Waals surface area contributed by atoms with Crippen molar-refractivity contribution in [2.45, 2.75) is 45.3 Å². The number of nitrogens with zero attached hydrogens (tertiary/aromatic N) is 3. The number of piperidine rings is 1. The number of carbonyl (C=O) groups excluding carboxylic acids is 2. The van der Waals surface area contributed by atoms with Crippen LogP contribution in [0.15, 0.2) is 0 Å². The van der Waals surface area contributed by atoms with Crippen molar-refractivity contribution in [3.8, 4) is 0 Å². The van der Waals surface area contributed by atoms with E-state index in [1.165, 1.54) is 10.6 Å². The molecule has 3 amide bonds. The van der Waals surface area contributed by atoms with E-state index in [0.717, 1.165) is 0 Å². The predicted molar refractivity (Wildman–Crippen MR) is 97.4 cm³/mol. The van der Waals surface area contributed by atoms with Gasteiger partial charge in [0.25, 0.3) is 0 Å². The molecule has 150 valence electrons. The largest absolute Gasteiger partial charge is 0.444 e. The fraction of sp³-hybridized carbons (Fsp3) is 0.875. The second-order valence-electron chi connectivity index (χ2n) is 7.84. The summed E-state index contributed by atoms with van der Waals surface area (Å²) in [6, 6.07) is -0.184. The maximum atomic E-state index is 12.4. The van der Waals surface area contributed by atoms with E-state index in [2.05, 4.69) is 5.32 Å². The molecule has 0 radical (unpaired) electrons. The maximum Gasteiger partial charge on any atom is 0.410 e. The van der Waals surface area contributed by atoms with Crippen molar-refractivity contribution in [3.05, 3.63) is 0 Å². The quantitative estimate of drug-likeness (QED) is 0.747. The Bertz CT molecular complexity index is 615. The number of ether oxygens (including phenoxy) is 1. The molecule has 0 aromatic carbocycles. The molecule has 0 unspecified atom stereocenters. The number of rotatable bonds is 2. The molecule has 0 saturated carbocycles. The van der Waals surface area contributed by atoms with Crippen LogP contribution in [0.2, 0.25) is 0 Å². The van der Waals surface area contributed by atoms with Crippen LogP contribution in [0.3, 0.4) is 0 Å². The lowest BCUT2D eigenvalue weighted by atomic mass is 10.1. The molecule has 0 aromatic heterocycles. The number of urea groups is 1. The molecule has 26 heavy (non-hydrogen) atoms. The van der Waals surface area contributed by atoms with Gasteiger partial charge in [0, 0.05) is 45.3 Å². The number of amides is 3. The van der Waals surface area contributed by atoms with Crippen molar-refractivity contribution in [1.82, 2.24) is 19.4 Å². The van der Waals surface area contributed by atoms with E-state index in [9.17, 15) is 18.0 Å². The third-order valence-corrected chi connectivity index (χ3v) is 5.77. The van der Waals surface area contributed by atoms with E-state index in [4.69, 9.17) is 4.74 Å². The van der Waals surface area contributed by atoms with Crippen LogP contribution in [-0.4, -0.2) is 91.8 Å². The number of piperazine rings is 1. The molecular weight excluding hydrogens is 360 g/mol. The fourth-order valence-corrected chi connectivity index (χ4v) is 3.89. The fourth-order valence-electron chi connectivity index (χ4n) is 3.02. The van der Waals surface area contributed by atoms with Crippen LogP contribution in [0, 0.1) is 0 Å². The number of hydrogen-bond acceptors (Lipinski definition) is 5. The Morgan fingerprint density at radius 2 is 1.46 bits per heavy atom. The summed E-state index contributed by atoms with van der Waals surface area (Å²) in [6.45, 7) is 8.10. The Morgan fingerprint density at radius 3 is 1.92 bits per heavy atom. The average molecular weight is 391 g/mol. The lowest BCUT2D eigenvalue weighted by Gasteiger charge is -2.37. The van der Waals surface area contributed by atoms with E-state index >= 15 is 0 Å². The predicted octanol–water partition coefficient (Wildman–Crippen LogP) is 0.673. The van der Waals surface area contributed by atoms with Crippen LogP contribution in [0.4, 0.5) is 9.59 Å². The molecule has 0 aromatic rings. The smallest absolute Gasteiger partial charge is 0.410 e. The van der Waals surface area contributed by atoms with Crippen molar-refractivity contribution < 1.29 is 22.7 Å². The third kappa shape index (κ3) is 6.01. The van der Waals surface area contributed by atoms with Crippen LogP contribution < -0.4 is 5.32 Å². The summed E-state index contributed by atoms with van der Waals surface area (Å²) >= 11 is 0. The van der Waals surface area contributed by atoms with Gasteiger partial charge in [-0.2, -0.15) is 0 Å². The van der Waals surface area contributed by atoms with Gasteiger partial charge in [0.2, 0.25) is 10.0 Å².